The highest BCUT2D eigenvalue weighted by molar-refractivity contribution is 5.20. The van der Waals surface area contributed by atoms with Crippen LogP contribution in [0.2, 0.25) is 0 Å². The predicted octanol–water partition coefficient (Wildman–Crippen LogP) is 2.96. The number of halogens is 1. The Morgan fingerprint density at radius 3 is 2.89 bits per heavy atom. The number of likely N-dealkylation sites (N-methyl/N-ethyl adjacent to an activating group) is 1. The number of rotatable bonds is 3. The summed E-state index contributed by atoms with van der Waals surface area (Å²) in [6.07, 6.45) is 3.70. The molecule has 1 fully saturated rings. The van der Waals surface area contributed by atoms with Gasteiger partial charge in [0.15, 0.2) is 0 Å². The van der Waals surface area contributed by atoms with Crippen molar-refractivity contribution in [2.75, 3.05) is 20.1 Å². The number of benzene rings is 1. The fourth-order valence-electron chi connectivity index (χ4n) is 2.70. The minimum atomic E-state index is -0.0987. The maximum Gasteiger partial charge on any atom is 0.127 e. The van der Waals surface area contributed by atoms with Crippen molar-refractivity contribution in [1.29, 1.82) is 0 Å². The number of hydrogen-bond donors (Lipinski definition) is 1. The molecule has 0 aliphatic carbocycles. The van der Waals surface area contributed by atoms with Gasteiger partial charge < -0.3 is 5.32 Å². The summed E-state index contributed by atoms with van der Waals surface area (Å²) >= 11 is 0. The molecule has 1 N–H and O–H groups in total. The molecule has 3 heteroatoms. The lowest BCUT2D eigenvalue weighted by atomic mass is 10.0. The molecule has 1 aliphatic rings. The van der Waals surface area contributed by atoms with Gasteiger partial charge in [0, 0.05) is 24.2 Å². The highest BCUT2D eigenvalue weighted by atomic mass is 19.1. The maximum absolute atomic E-state index is 13.8. The lowest BCUT2D eigenvalue weighted by molar-refractivity contribution is 0.173. The second kappa shape index (κ2) is 6.30. The summed E-state index contributed by atoms with van der Waals surface area (Å²) in [5.74, 6) is -0.0987. The van der Waals surface area contributed by atoms with E-state index in [9.17, 15) is 4.39 Å². The highest BCUT2D eigenvalue weighted by Crippen LogP contribution is 2.25. The van der Waals surface area contributed by atoms with Crippen LogP contribution in [-0.2, 0) is 0 Å². The van der Waals surface area contributed by atoms with Crippen LogP contribution in [0, 0.1) is 5.82 Å². The van der Waals surface area contributed by atoms with E-state index >= 15 is 0 Å². The van der Waals surface area contributed by atoms with E-state index in [4.69, 9.17) is 0 Å². The van der Waals surface area contributed by atoms with E-state index in [1.807, 2.05) is 12.1 Å². The van der Waals surface area contributed by atoms with Crippen molar-refractivity contribution in [3.05, 3.63) is 35.6 Å². The van der Waals surface area contributed by atoms with Gasteiger partial charge in [-0.25, -0.2) is 4.39 Å². The summed E-state index contributed by atoms with van der Waals surface area (Å²) in [6, 6.07) is 7.72. The van der Waals surface area contributed by atoms with Crippen LogP contribution in [-0.4, -0.2) is 31.1 Å². The first-order valence-electron chi connectivity index (χ1n) is 6.87. The number of hydrogen-bond acceptors (Lipinski definition) is 2. The zero-order valence-electron chi connectivity index (χ0n) is 11.3. The van der Waals surface area contributed by atoms with Crippen molar-refractivity contribution in [2.45, 2.75) is 38.3 Å². The molecule has 2 nitrogen and oxygen atoms in total. The summed E-state index contributed by atoms with van der Waals surface area (Å²) in [6.45, 7) is 4.21. The van der Waals surface area contributed by atoms with Gasteiger partial charge in [-0.2, -0.15) is 0 Å². The van der Waals surface area contributed by atoms with E-state index in [1.165, 1.54) is 19.3 Å². The average molecular weight is 250 g/mol. The number of nitrogens with zero attached hydrogens (tertiary/aromatic N) is 1. The Morgan fingerprint density at radius 2 is 2.11 bits per heavy atom. The molecule has 1 aromatic rings. The fourth-order valence-corrected chi connectivity index (χ4v) is 2.70. The first kappa shape index (κ1) is 13.5. The molecular formula is C15H23FN2. The Kier molecular flexibility index (Phi) is 4.72. The van der Waals surface area contributed by atoms with Gasteiger partial charge in [0.1, 0.15) is 5.82 Å². The molecule has 0 amide bonds. The first-order chi connectivity index (χ1) is 8.70. The van der Waals surface area contributed by atoms with E-state index in [2.05, 4.69) is 24.2 Å². The van der Waals surface area contributed by atoms with Crippen LogP contribution in [0.25, 0.3) is 0 Å². The SMILES string of the molecule is CC(c1ccccc1F)N(C)C1CCCCNC1. The molecule has 18 heavy (non-hydrogen) atoms. The Labute approximate surface area is 109 Å². The minimum Gasteiger partial charge on any atom is -0.315 e. The smallest absolute Gasteiger partial charge is 0.127 e. The van der Waals surface area contributed by atoms with Gasteiger partial charge in [0.25, 0.3) is 0 Å². The van der Waals surface area contributed by atoms with Crippen molar-refractivity contribution < 1.29 is 4.39 Å². The van der Waals surface area contributed by atoms with Crippen molar-refractivity contribution in [1.82, 2.24) is 10.2 Å². The van der Waals surface area contributed by atoms with Gasteiger partial charge >= 0.3 is 0 Å². The second-order valence-corrected chi connectivity index (χ2v) is 5.22. The minimum absolute atomic E-state index is 0.0987. The van der Waals surface area contributed by atoms with Gasteiger partial charge in [-0.15, -0.1) is 0 Å². The van der Waals surface area contributed by atoms with Crippen LogP contribution in [0.3, 0.4) is 0 Å². The topological polar surface area (TPSA) is 15.3 Å². The van der Waals surface area contributed by atoms with Crippen molar-refractivity contribution in [3.8, 4) is 0 Å². The largest absolute Gasteiger partial charge is 0.315 e. The highest BCUT2D eigenvalue weighted by Gasteiger charge is 2.23. The monoisotopic (exact) mass is 250 g/mol. The summed E-state index contributed by atoms with van der Waals surface area (Å²) in [7, 11) is 2.11. The maximum atomic E-state index is 13.8. The predicted molar refractivity (Wildman–Crippen MR) is 73.1 cm³/mol. The summed E-state index contributed by atoms with van der Waals surface area (Å²) in [5, 5.41) is 3.46. The van der Waals surface area contributed by atoms with Crippen molar-refractivity contribution in [2.24, 2.45) is 0 Å². The summed E-state index contributed by atoms with van der Waals surface area (Å²) in [5.41, 5.74) is 0.796. The van der Waals surface area contributed by atoms with E-state index in [0.717, 1.165) is 18.7 Å². The molecule has 0 radical (unpaired) electrons. The van der Waals surface area contributed by atoms with Crippen LogP contribution in [0.15, 0.2) is 24.3 Å². The van der Waals surface area contributed by atoms with E-state index in [0.29, 0.717) is 6.04 Å². The zero-order chi connectivity index (χ0) is 13.0. The van der Waals surface area contributed by atoms with Crippen LogP contribution in [0.1, 0.15) is 37.8 Å². The fraction of sp³-hybridized carbons (Fsp3) is 0.600. The van der Waals surface area contributed by atoms with Gasteiger partial charge in [0.05, 0.1) is 0 Å². The molecular weight excluding hydrogens is 227 g/mol. The molecule has 1 aliphatic heterocycles. The summed E-state index contributed by atoms with van der Waals surface area (Å²) in [4.78, 5) is 2.30. The van der Waals surface area contributed by atoms with Crippen molar-refractivity contribution in [3.63, 3.8) is 0 Å². The molecule has 2 atom stereocenters. The molecule has 0 bridgehead atoms. The van der Waals surface area contributed by atoms with E-state index in [-0.39, 0.29) is 11.9 Å². The van der Waals surface area contributed by atoms with Crippen LogP contribution < -0.4 is 5.32 Å². The molecule has 0 spiro atoms. The van der Waals surface area contributed by atoms with Gasteiger partial charge in [0.2, 0.25) is 0 Å². The van der Waals surface area contributed by atoms with Crippen molar-refractivity contribution >= 4 is 0 Å². The average Bonchev–Trinajstić information content (AvgIpc) is 2.66. The van der Waals surface area contributed by atoms with Gasteiger partial charge in [-0.3, -0.25) is 4.90 Å². The first-order valence-corrected chi connectivity index (χ1v) is 6.87. The standard InChI is InChI=1S/C15H23FN2/c1-12(14-8-3-4-9-15(14)16)18(2)13-7-5-6-10-17-11-13/h3-4,8-9,12-13,17H,5-7,10-11H2,1-2H3. The number of nitrogens with one attached hydrogen (secondary N) is 1. The normalized spacial score (nSPS) is 22.8. The Bertz CT molecular complexity index is 373. The molecule has 0 aromatic heterocycles. The van der Waals surface area contributed by atoms with E-state index < -0.39 is 0 Å². The molecule has 100 valence electrons. The van der Waals surface area contributed by atoms with Crippen LogP contribution in [0.5, 0.6) is 0 Å². The lowest BCUT2D eigenvalue weighted by Crippen LogP contribution is -2.40. The third-order valence-electron chi connectivity index (χ3n) is 4.06. The summed E-state index contributed by atoms with van der Waals surface area (Å²) < 4.78 is 13.8. The van der Waals surface area contributed by atoms with Gasteiger partial charge in [-0.05, 0) is 39.4 Å². The van der Waals surface area contributed by atoms with Crippen LogP contribution >= 0.6 is 0 Å². The zero-order valence-corrected chi connectivity index (χ0v) is 11.3. The lowest BCUT2D eigenvalue weighted by Gasteiger charge is -2.33. The molecule has 2 unspecified atom stereocenters. The molecule has 1 saturated heterocycles. The van der Waals surface area contributed by atoms with Crippen LogP contribution in [0.4, 0.5) is 4.39 Å². The van der Waals surface area contributed by atoms with Gasteiger partial charge in [-0.1, -0.05) is 24.6 Å². The quantitative estimate of drug-likeness (QED) is 0.887. The Balaban J connectivity index is 2.07. The Hall–Kier alpha value is -0.930. The molecule has 1 heterocycles. The molecule has 2 rings (SSSR count). The second-order valence-electron chi connectivity index (χ2n) is 5.22. The molecule has 1 aromatic carbocycles. The Morgan fingerprint density at radius 1 is 1.33 bits per heavy atom. The third-order valence-corrected chi connectivity index (χ3v) is 4.06. The third kappa shape index (κ3) is 3.09. The van der Waals surface area contributed by atoms with E-state index in [1.54, 1.807) is 12.1 Å². The molecule has 0 saturated carbocycles.